The Bertz CT molecular complexity index is 1330. The van der Waals surface area contributed by atoms with Gasteiger partial charge in [0.15, 0.2) is 11.0 Å². The highest BCUT2D eigenvalue weighted by molar-refractivity contribution is 7.98. The summed E-state index contributed by atoms with van der Waals surface area (Å²) in [7, 11) is 0. The van der Waals surface area contributed by atoms with Gasteiger partial charge in [0.25, 0.3) is 5.69 Å². The lowest BCUT2D eigenvalue weighted by Crippen LogP contribution is -2.22. The van der Waals surface area contributed by atoms with Gasteiger partial charge in [-0.25, -0.2) is 0 Å². The first-order valence-electron chi connectivity index (χ1n) is 10.9. The number of nitrogens with zero attached hydrogens (tertiary/aromatic N) is 4. The Morgan fingerprint density at radius 3 is 2.43 bits per heavy atom. The highest BCUT2D eigenvalue weighted by atomic mass is 32.2. The average molecular weight is 486 g/mol. The number of nitrogens with one attached hydrogen (secondary N) is 1. The van der Waals surface area contributed by atoms with Crippen molar-refractivity contribution in [2.45, 2.75) is 24.4 Å². The summed E-state index contributed by atoms with van der Waals surface area (Å²) in [5.41, 5.74) is 3.94. The Hall–Kier alpha value is -4.24. The van der Waals surface area contributed by atoms with Crippen molar-refractivity contribution < 1.29 is 9.72 Å². The molecule has 0 saturated carbocycles. The molecule has 0 radical (unpaired) electrons. The van der Waals surface area contributed by atoms with Gasteiger partial charge in [0.05, 0.1) is 11.5 Å². The van der Waals surface area contributed by atoms with Gasteiger partial charge in [0.1, 0.15) is 0 Å². The third-order valence-electron chi connectivity index (χ3n) is 5.16. The minimum absolute atomic E-state index is 0.00276. The smallest absolute Gasteiger partial charge is 0.269 e. The van der Waals surface area contributed by atoms with E-state index in [1.54, 1.807) is 30.0 Å². The molecule has 1 heterocycles. The Morgan fingerprint density at radius 2 is 1.74 bits per heavy atom. The number of amides is 1. The second-order valence-electron chi connectivity index (χ2n) is 7.74. The topological polar surface area (TPSA) is 103 Å². The first kappa shape index (κ1) is 23.9. The maximum absolute atomic E-state index is 12.4. The second-order valence-corrected chi connectivity index (χ2v) is 8.69. The predicted octanol–water partition coefficient (Wildman–Crippen LogP) is 5.11. The molecular weight excluding hydrogens is 462 g/mol. The lowest BCUT2D eigenvalue weighted by molar-refractivity contribution is -0.384. The van der Waals surface area contributed by atoms with Crippen molar-refractivity contribution in [3.63, 3.8) is 0 Å². The first-order valence-corrected chi connectivity index (χ1v) is 11.9. The molecule has 4 aromatic rings. The highest BCUT2D eigenvalue weighted by Gasteiger charge is 2.15. The van der Waals surface area contributed by atoms with Crippen molar-refractivity contribution in [1.82, 2.24) is 20.1 Å². The van der Waals surface area contributed by atoms with Gasteiger partial charge < -0.3 is 5.32 Å². The summed E-state index contributed by atoms with van der Waals surface area (Å²) in [6.07, 6.45) is 2.99. The molecule has 35 heavy (non-hydrogen) atoms. The van der Waals surface area contributed by atoms with Crippen LogP contribution in [-0.4, -0.2) is 25.6 Å². The summed E-state index contributed by atoms with van der Waals surface area (Å²) in [6, 6.07) is 24.2. The molecule has 1 N–H and O–H groups in total. The van der Waals surface area contributed by atoms with Crippen LogP contribution in [0.2, 0.25) is 0 Å². The second kappa shape index (κ2) is 11.3. The molecule has 1 amide bonds. The van der Waals surface area contributed by atoms with E-state index in [-0.39, 0.29) is 18.1 Å². The van der Waals surface area contributed by atoms with E-state index in [0.717, 1.165) is 22.2 Å². The van der Waals surface area contributed by atoms with Crippen molar-refractivity contribution >= 4 is 29.4 Å². The van der Waals surface area contributed by atoms with Crippen molar-refractivity contribution in [1.29, 1.82) is 0 Å². The summed E-state index contributed by atoms with van der Waals surface area (Å²) >= 11 is 1.58. The monoisotopic (exact) mass is 485 g/mol. The fraction of sp³-hybridized carbons (Fsp3) is 0.115. The van der Waals surface area contributed by atoms with Crippen LogP contribution >= 0.6 is 11.8 Å². The number of nitro benzene ring substituents is 1. The van der Waals surface area contributed by atoms with Crippen LogP contribution in [0.3, 0.4) is 0 Å². The molecule has 0 fully saturated rings. The van der Waals surface area contributed by atoms with E-state index in [1.807, 2.05) is 54.0 Å². The predicted molar refractivity (Wildman–Crippen MR) is 136 cm³/mol. The zero-order valence-corrected chi connectivity index (χ0v) is 19.8. The van der Waals surface area contributed by atoms with Crippen LogP contribution in [0.1, 0.15) is 22.5 Å². The molecule has 0 saturated heterocycles. The Morgan fingerprint density at radius 1 is 1.03 bits per heavy atom. The molecule has 0 aliphatic carbocycles. The molecule has 176 valence electrons. The van der Waals surface area contributed by atoms with Crippen molar-refractivity contribution in [3.8, 4) is 5.69 Å². The van der Waals surface area contributed by atoms with Crippen LogP contribution in [0.15, 0.2) is 90.1 Å². The maximum Gasteiger partial charge on any atom is 0.269 e. The van der Waals surface area contributed by atoms with Crippen molar-refractivity contribution in [2.24, 2.45) is 0 Å². The van der Waals surface area contributed by atoms with Crippen LogP contribution in [-0.2, 0) is 17.1 Å². The number of aryl methyl sites for hydroxylation is 1. The zero-order valence-electron chi connectivity index (χ0n) is 19.0. The molecule has 0 spiro atoms. The first-order chi connectivity index (χ1) is 17.0. The fourth-order valence-electron chi connectivity index (χ4n) is 3.29. The average Bonchev–Trinajstić information content (AvgIpc) is 3.29. The summed E-state index contributed by atoms with van der Waals surface area (Å²) < 4.78 is 1.95. The van der Waals surface area contributed by atoms with Crippen LogP contribution in [0.4, 0.5) is 5.69 Å². The van der Waals surface area contributed by atoms with E-state index < -0.39 is 4.92 Å². The van der Waals surface area contributed by atoms with Crippen LogP contribution in [0, 0.1) is 17.0 Å². The molecule has 0 bridgehead atoms. The summed E-state index contributed by atoms with van der Waals surface area (Å²) in [6.45, 7) is 2.22. The van der Waals surface area contributed by atoms with Crippen molar-refractivity contribution in [3.05, 3.63) is 118 Å². The largest absolute Gasteiger partial charge is 0.345 e. The maximum atomic E-state index is 12.4. The Labute approximate surface area is 206 Å². The van der Waals surface area contributed by atoms with Crippen LogP contribution in [0.25, 0.3) is 11.8 Å². The van der Waals surface area contributed by atoms with E-state index in [1.165, 1.54) is 23.8 Å². The number of carbonyl (C=O) groups is 1. The SMILES string of the molecule is Cc1ccc(-n2c(CNC(=O)C=Cc3ccc([N+](=O)[O-])cc3)nnc2SCc2ccccc2)cc1. The molecule has 0 aliphatic heterocycles. The fourth-order valence-corrected chi connectivity index (χ4v) is 4.21. The molecule has 0 aliphatic rings. The zero-order chi connectivity index (χ0) is 24.6. The third-order valence-corrected chi connectivity index (χ3v) is 6.16. The van der Waals surface area contributed by atoms with Crippen LogP contribution < -0.4 is 5.32 Å². The molecule has 4 rings (SSSR count). The number of benzene rings is 3. The minimum Gasteiger partial charge on any atom is -0.345 e. The molecule has 9 heteroatoms. The number of nitro groups is 1. The lowest BCUT2D eigenvalue weighted by atomic mass is 10.2. The molecular formula is C26H23N5O3S. The van der Waals surface area contributed by atoms with Gasteiger partial charge in [-0.1, -0.05) is 59.8 Å². The van der Waals surface area contributed by atoms with E-state index in [2.05, 4.69) is 27.6 Å². The number of hydrogen-bond acceptors (Lipinski definition) is 6. The van der Waals surface area contributed by atoms with E-state index in [9.17, 15) is 14.9 Å². The van der Waals surface area contributed by atoms with Gasteiger partial charge in [0, 0.05) is 29.6 Å². The van der Waals surface area contributed by atoms with Gasteiger partial charge >= 0.3 is 0 Å². The molecule has 0 atom stereocenters. The summed E-state index contributed by atoms with van der Waals surface area (Å²) in [5, 5.41) is 23.1. The normalized spacial score (nSPS) is 11.0. The molecule has 8 nitrogen and oxygen atoms in total. The third kappa shape index (κ3) is 6.42. The number of rotatable bonds is 9. The number of hydrogen-bond donors (Lipinski definition) is 1. The number of thioether (sulfide) groups is 1. The van der Waals surface area contributed by atoms with Gasteiger partial charge in [-0.15, -0.1) is 10.2 Å². The quantitative estimate of drug-likeness (QED) is 0.153. The van der Waals surface area contributed by atoms with Gasteiger partial charge in [-0.2, -0.15) is 0 Å². The number of aromatic nitrogens is 3. The van der Waals surface area contributed by atoms with Gasteiger partial charge in [-0.05, 0) is 48.4 Å². The highest BCUT2D eigenvalue weighted by Crippen LogP contribution is 2.25. The number of non-ortho nitro benzene ring substituents is 1. The summed E-state index contributed by atoms with van der Waals surface area (Å²) in [4.78, 5) is 22.7. The molecule has 0 unspecified atom stereocenters. The van der Waals surface area contributed by atoms with E-state index in [4.69, 9.17) is 0 Å². The lowest BCUT2D eigenvalue weighted by Gasteiger charge is -2.11. The van der Waals surface area contributed by atoms with Gasteiger partial charge in [-0.3, -0.25) is 19.5 Å². The van der Waals surface area contributed by atoms with Gasteiger partial charge in [0.2, 0.25) is 5.91 Å². The molecule has 3 aromatic carbocycles. The standard InChI is InChI=1S/C26H23N5O3S/c1-19-7-12-22(13-8-19)30-24(28-29-26(30)35-18-21-5-3-2-4-6-21)17-27-25(32)16-11-20-9-14-23(15-10-20)31(33)34/h2-16H,17-18H2,1H3,(H,27,32). The Balaban J connectivity index is 1.47. The van der Waals surface area contributed by atoms with E-state index in [0.29, 0.717) is 11.4 Å². The van der Waals surface area contributed by atoms with E-state index >= 15 is 0 Å². The number of carbonyl (C=O) groups excluding carboxylic acids is 1. The molecule has 1 aromatic heterocycles. The Kier molecular flexibility index (Phi) is 7.69. The minimum atomic E-state index is -0.462. The summed E-state index contributed by atoms with van der Waals surface area (Å²) in [5.74, 6) is 1.05. The van der Waals surface area contributed by atoms with Crippen molar-refractivity contribution in [2.75, 3.05) is 0 Å². The van der Waals surface area contributed by atoms with Crippen LogP contribution in [0.5, 0.6) is 0 Å².